The summed E-state index contributed by atoms with van der Waals surface area (Å²) in [4.78, 5) is 24.3. The minimum atomic E-state index is -1.01. The Kier molecular flexibility index (Phi) is 4.98. The number of urea groups is 1. The van der Waals surface area contributed by atoms with E-state index >= 15 is 0 Å². The van der Waals surface area contributed by atoms with Crippen LogP contribution in [0.1, 0.15) is 6.42 Å². The number of hydrogen-bond donors (Lipinski definition) is 2. The standard InChI is InChI=1S/C13H14ClFN2O4/c14-10-2-1-8(5-11(10)15)16-13(20)17-3-4-21-7-9(17)6-12(18)19/h1-2,5,9H,3-4,6-7H2,(H,16,20)(H,18,19). The van der Waals surface area contributed by atoms with Gasteiger partial charge in [0, 0.05) is 12.2 Å². The van der Waals surface area contributed by atoms with Crippen LogP contribution in [-0.2, 0) is 9.53 Å². The van der Waals surface area contributed by atoms with E-state index in [4.69, 9.17) is 21.4 Å². The highest BCUT2D eigenvalue weighted by atomic mass is 35.5. The number of anilines is 1. The molecule has 0 spiro atoms. The van der Waals surface area contributed by atoms with Crippen LogP contribution in [0.25, 0.3) is 0 Å². The number of nitrogens with zero attached hydrogens (tertiary/aromatic N) is 1. The zero-order valence-electron chi connectivity index (χ0n) is 11.0. The fraction of sp³-hybridized carbons (Fsp3) is 0.385. The van der Waals surface area contributed by atoms with Gasteiger partial charge < -0.3 is 20.1 Å². The van der Waals surface area contributed by atoms with Crippen LogP contribution in [0.2, 0.25) is 5.02 Å². The van der Waals surface area contributed by atoms with Crippen LogP contribution in [0.3, 0.4) is 0 Å². The van der Waals surface area contributed by atoms with E-state index in [0.717, 1.165) is 6.07 Å². The van der Waals surface area contributed by atoms with Gasteiger partial charge in [-0.3, -0.25) is 4.79 Å². The summed E-state index contributed by atoms with van der Waals surface area (Å²) in [6.45, 7) is 0.771. The van der Waals surface area contributed by atoms with Crippen molar-refractivity contribution in [3.05, 3.63) is 29.0 Å². The van der Waals surface area contributed by atoms with Gasteiger partial charge in [-0.2, -0.15) is 0 Å². The summed E-state index contributed by atoms with van der Waals surface area (Å²) >= 11 is 5.57. The number of carbonyl (C=O) groups excluding carboxylic acids is 1. The van der Waals surface area contributed by atoms with Crippen molar-refractivity contribution in [1.82, 2.24) is 4.90 Å². The van der Waals surface area contributed by atoms with E-state index in [-0.39, 0.29) is 30.3 Å². The van der Waals surface area contributed by atoms with Gasteiger partial charge in [0.05, 0.1) is 30.7 Å². The number of nitrogens with one attached hydrogen (secondary N) is 1. The van der Waals surface area contributed by atoms with Crippen molar-refractivity contribution in [3.8, 4) is 0 Å². The maximum absolute atomic E-state index is 13.3. The second-order valence-corrected chi connectivity index (χ2v) is 4.99. The molecule has 114 valence electrons. The van der Waals surface area contributed by atoms with Crippen LogP contribution in [0.4, 0.5) is 14.9 Å². The predicted octanol–water partition coefficient (Wildman–Crippen LogP) is 2.19. The molecule has 2 amide bonds. The van der Waals surface area contributed by atoms with Crippen molar-refractivity contribution < 1.29 is 23.8 Å². The quantitative estimate of drug-likeness (QED) is 0.896. The lowest BCUT2D eigenvalue weighted by Crippen LogP contribution is -2.51. The molecule has 6 nitrogen and oxygen atoms in total. The van der Waals surface area contributed by atoms with Crippen LogP contribution in [0.5, 0.6) is 0 Å². The number of morpholine rings is 1. The van der Waals surface area contributed by atoms with Crippen LogP contribution < -0.4 is 5.32 Å². The Morgan fingerprint density at radius 3 is 2.95 bits per heavy atom. The second kappa shape index (κ2) is 6.73. The van der Waals surface area contributed by atoms with Crippen molar-refractivity contribution in [2.75, 3.05) is 25.1 Å². The molecule has 1 unspecified atom stereocenters. The topological polar surface area (TPSA) is 78.9 Å². The summed E-state index contributed by atoms with van der Waals surface area (Å²) < 4.78 is 18.5. The molecule has 8 heteroatoms. The van der Waals surface area contributed by atoms with E-state index in [9.17, 15) is 14.0 Å². The average Bonchev–Trinajstić information content (AvgIpc) is 2.43. The Hall–Kier alpha value is -1.86. The van der Waals surface area contributed by atoms with Gasteiger partial charge in [-0.25, -0.2) is 9.18 Å². The van der Waals surface area contributed by atoms with Gasteiger partial charge in [0.15, 0.2) is 0 Å². The Labute approximate surface area is 125 Å². The number of carboxylic acids is 1. The molecular weight excluding hydrogens is 303 g/mol. The first-order chi connectivity index (χ1) is 9.97. The molecule has 0 bridgehead atoms. The molecule has 1 saturated heterocycles. The van der Waals surface area contributed by atoms with E-state index in [1.54, 1.807) is 0 Å². The molecule has 2 N–H and O–H groups in total. The van der Waals surface area contributed by atoms with E-state index in [1.165, 1.54) is 17.0 Å². The summed E-state index contributed by atoms with van der Waals surface area (Å²) in [7, 11) is 0. The van der Waals surface area contributed by atoms with E-state index < -0.39 is 23.9 Å². The summed E-state index contributed by atoms with van der Waals surface area (Å²) in [6, 6.07) is 2.86. The molecule has 2 rings (SSSR count). The number of hydrogen-bond acceptors (Lipinski definition) is 3. The summed E-state index contributed by atoms with van der Waals surface area (Å²) in [5, 5.41) is 11.3. The molecule has 1 atom stereocenters. The first-order valence-corrected chi connectivity index (χ1v) is 6.67. The Balaban J connectivity index is 2.06. The van der Waals surface area contributed by atoms with Crippen LogP contribution in [0.15, 0.2) is 18.2 Å². The molecule has 0 aliphatic carbocycles. The zero-order chi connectivity index (χ0) is 15.4. The Morgan fingerprint density at radius 1 is 1.52 bits per heavy atom. The molecular formula is C13H14ClFN2O4. The molecule has 1 heterocycles. The second-order valence-electron chi connectivity index (χ2n) is 4.58. The molecule has 0 saturated carbocycles. The molecule has 1 aromatic rings. The fourth-order valence-electron chi connectivity index (χ4n) is 2.06. The molecule has 1 aliphatic heterocycles. The summed E-state index contributed by atoms with van der Waals surface area (Å²) in [5.41, 5.74) is 0.252. The Bertz CT molecular complexity index is 555. The van der Waals surface area contributed by atoms with Crippen molar-refractivity contribution in [2.45, 2.75) is 12.5 Å². The monoisotopic (exact) mass is 316 g/mol. The first kappa shape index (κ1) is 15.5. The number of halogens is 2. The molecule has 0 aromatic heterocycles. The summed E-state index contributed by atoms with van der Waals surface area (Å²) in [5.74, 6) is -1.65. The van der Waals surface area contributed by atoms with Crippen molar-refractivity contribution in [1.29, 1.82) is 0 Å². The highest BCUT2D eigenvalue weighted by molar-refractivity contribution is 6.30. The molecule has 0 radical (unpaired) electrons. The first-order valence-electron chi connectivity index (χ1n) is 6.29. The van der Waals surface area contributed by atoms with E-state index in [2.05, 4.69) is 5.32 Å². The van der Waals surface area contributed by atoms with E-state index in [1.807, 2.05) is 0 Å². The highest BCUT2D eigenvalue weighted by Gasteiger charge is 2.29. The van der Waals surface area contributed by atoms with Crippen LogP contribution >= 0.6 is 11.6 Å². The van der Waals surface area contributed by atoms with Crippen molar-refractivity contribution >= 4 is 29.3 Å². The number of carbonyl (C=O) groups is 2. The van der Waals surface area contributed by atoms with Gasteiger partial charge in [0.25, 0.3) is 0 Å². The Morgan fingerprint density at radius 2 is 2.29 bits per heavy atom. The van der Waals surface area contributed by atoms with Crippen LogP contribution in [-0.4, -0.2) is 47.8 Å². The third-order valence-corrected chi connectivity index (χ3v) is 3.38. The van der Waals surface area contributed by atoms with Crippen molar-refractivity contribution in [2.24, 2.45) is 0 Å². The SMILES string of the molecule is O=C(O)CC1COCCN1C(=O)Nc1ccc(Cl)c(F)c1. The number of benzene rings is 1. The molecule has 1 fully saturated rings. The van der Waals surface area contributed by atoms with Gasteiger partial charge >= 0.3 is 12.0 Å². The normalized spacial score (nSPS) is 18.4. The molecule has 1 aromatic carbocycles. The number of rotatable bonds is 3. The maximum Gasteiger partial charge on any atom is 0.322 e. The van der Waals surface area contributed by atoms with Gasteiger partial charge in [-0.15, -0.1) is 0 Å². The zero-order valence-corrected chi connectivity index (χ0v) is 11.8. The average molecular weight is 317 g/mol. The number of aliphatic carboxylic acids is 1. The lowest BCUT2D eigenvalue weighted by Gasteiger charge is -2.34. The predicted molar refractivity (Wildman–Crippen MR) is 74.0 cm³/mol. The third kappa shape index (κ3) is 4.05. The number of carboxylic acid groups (broad SMARTS) is 1. The third-order valence-electron chi connectivity index (χ3n) is 3.07. The minimum absolute atomic E-state index is 0.0388. The van der Waals surface area contributed by atoms with Gasteiger partial charge in [0.1, 0.15) is 5.82 Å². The van der Waals surface area contributed by atoms with Gasteiger partial charge in [0.2, 0.25) is 0 Å². The van der Waals surface area contributed by atoms with Crippen molar-refractivity contribution in [3.63, 3.8) is 0 Å². The lowest BCUT2D eigenvalue weighted by molar-refractivity contribution is -0.139. The highest BCUT2D eigenvalue weighted by Crippen LogP contribution is 2.20. The molecule has 21 heavy (non-hydrogen) atoms. The molecule has 1 aliphatic rings. The lowest BCUT2D eigenvalue weighted by atomic mass is 10.1. The maximum atomic E-state index is 13.3. The number of amides is 2. The number of ether oxygens (including phenoxy) is 1. The largest absolute Gasteiger partial charge is 0.481 e. The minimum Gasteiger partial charge on any atom is -0.481 e. The van der Waals surface area contributed by atoms with Gasteiger partial charge in [-0.05, 0) is 18.2 Å². The van der Waals surface area contributed by atoms with Gasteiger partial charge in [-0.1, -0.05) is 11.6 Å². The smallest absolute Gasteiger partial charge is 0.322 e. The van der Waals surface area contributed by atoms with Crippen LogP contribution in [0, 0.1) is 5.82 Å². The summed E-state index contributed by atoms with van der Waals surface area (Å²) in [6.07, 6.45) is -0.206. The fourth-order valence-corrected chi connectivity index (χ4v) is 2.18. The van der Waals surface area contributed by atoms with E-state index in [0.29, 0.717) is 6.61 Å².